The highest BCUT2D eigenvalue weighted by Gasteiger charge is 2.37. The zero-order valence-electron chi connectivity index (χ0n) is 12.8. The van der Waals surface area contributed by atoms with Gasteiger partial charge in [-0.05, 0) is 6.42 Å². The third-order valence-electron chi connectivity index (χ3n) is 3.35. The Hall–Kier alpha value is -1.22. The van der Waals surface area contributed by atoms with Gasteiger partial charge in [0, 0.05) is 6.54 Å². The number of aliphatic carboxylic acids is 1. The van der Waals surface area contributed by atoms with E-state index < -0.39 is 36.3 Å². The van der Waals surface area contributed by atoms with Crippen LogP contribution >= 0.6 is 0 Å². The second kappa shape index (κ2) is 11.4. The van der Waals surface area contributed by atoms with E-state index in [1.165, 1.54) is 6.42 Å². The van der Waals surface area contributed by atoms with Crippen molar-refractivity contribution in [2.45, 2.75) is 69.9 Å². The van der Waals surface area contributed by atoms with Gasteiger partial charge in [0.25, 0.3) is 5.91 Å². The number of carbonyl (C=O) groups is 2. The molecule has 8 nitrogen and oxygen atoms in total. The highest BCUT2D eigenvalue weighted by Crippen LogP contribution is 2.07. The molecular weight excluding hydrogens is 294 g/mol. The minimum absolute atomic E-state index is 0.312. The van der Waals surface area contributed by atoms with E-state index in [-0.39, 0.29) is 0 Å². The van der Waals surface area contributed by atoms with Gasteiger partial charge in [0.2, 0.25) is 0 Å². The summed E-state index contributed by atoms with van der Waals surface area (Å²) in [7, 11) is 0. The van der Waals surface area contributed by atoms with E-state index in [0.717, 1.165) is 32.1 Å². The number of nitrogens with one attached hydrogen (secondary N) is 1. The molecule has 0 bridgehead atoms. The first-order chi connectivity index (χ1) is 10.3. The third kappa shape index (κ3) is 7.69. The normalized spacial score (nSPS) is 16.6. The molecule has 1 amide bonds. The smallest absolute Gasteiger partial charge is 0.335 e. The van der Waals surface area contributed by atoms with Crippen LogP contribution in [0.2, 0.25) is 0 Å². The molecule has 0 saturated heterocycles. The van der Waals surface area contributed by atoms with Gasteiger partial charge in [0.1, 0.15) is 12.2 Å². The molecule has 0 aromatic rings. The first-order valence-corrected chi connectivity index (χ1v) is 7.55. The Bertz CT molecular complexity index is 337. The molecule has 0 rings (SSSR count). The maximum Gasteiger partial charge on any atom is 0.335 e. The fourth-order valence-electron chi connectivity index (χ4n) is 1.90. The van der Waals surface area contributed by atoms with Crippen LogP contribution in [0.3, 0.4) is 0 Å². The van der Waals surface area contributed by atoms with Crippen LogP contribution in [-0.4, -0.2) is 68.4 Å². The van der Waals surface area contributed by atoms with Crippen molar-refractivity contribution in [1.29, 1.82) is 0 Å². The number of hydrogen-bond acceptors (Lipinski definition) is 6. The molecule has 0 saturated carbocycles. The second-order valence-corrected chi connectivity index (χ2v) is 5.27. The maximum atomic E-state index is 11.6. The van der Waals surface area contributed by atoms with Gasteiger partial charge in [-0.2, -0.15) is 0 Å². The average molecular weight is 321 g/mol. The summed E-state index contributed by atoms with van der Waals surface area (Å²) in [5.74, 6) is -2.68. The Labute approximate surface area is 129 Å². The van der Waals surface area contributed by atoms with Crippen molar-refractivity contribution >= 4 is 11.9 Å². The van der Waals surface area contributed by atoms with Crippen LogP contribution in [0.15, 0.2) is 0 Å². The molecule has 0 fully saturated rings. The summed E-state index contributed by atoms with van der Waals surface area (Å²) >= 11 is 0. The summed E-state index contributed by atoms with van der Waals surface area (Å²) in [6, 6.07) is 0. The quantitative estimate of drug-likeness (QED) is 0.252. The molecule has 0 spiro atoms. The monoisotopic (exact) mass is 321 g/mol. The van der Waals surface area contributed by atoms with E-state index in [2.05, 4.69) is 12.2 Å². The first kappa shape index (κ1) is 20.8. The van der Waals surface area contributed by atoms with Crippen molar-refractivity contribution in [2.75, 3.05) is 6.54 Å². The number of aliphatic hydroxyl groups excluding tert-OH is 4. The van der Waals surface area contributed by atoms with Crippen LogP contribution in [0.25, 0.3) is 0 Å². The molecular formula is C14H27NO7. The van der Waals surface area contributed by atoms with Gasteiger partial charge in [-0.15, -0.1) is 0 Å². The van der Waals surface area contributed by atoms with Crippen molar-refractivity contribution in [1.82, 2.24) is 5.32 Å². The van der Waals surface area contributed by atoms with Crippen LogP contribution in [0, 0.1) is 0 Å². The van der Waals surface area contributed by atoms with Crippen molar-refractivity contribution in [3.8, 4) is 0 Å². The number of rotatable bonds is 12. The van der Waals surface area contributed by atoms with Crippen molar-refractivity contribution < 1.29 is 35.1 Å². The fraction of sp³-hybridized carbons (Fsp3) is 0.857. The summed E-state index contributed by atoms with van der Waals surface area (Å²) in [5, 5.41) is 48.3. The summed E-state index contributed by atoms with van der Waals surface area (Å²) in [5.41, 5.74) is 0. The Kier molecular flexibility index (Phi) is 10.7. The van der Waals surface area contributed by atoms with Crippen LogP contribution in [0.5, 0.6) is 0 Å². The van der Waals surface area contributed by atoms with Crippen LogP contribution in [-0.2, 0) is 9.59 Å². The second-order valence-electron chi connectivity index (χ2n) is 5.27. The molecule has 8 heteroatoms. The van der Waals surface area contributed by atoms with E-state index in [1.54, 1.807) is 0 Å². The molecule has 0 aromatic carbocycles. The highest BCUT2D eigenvalue weighted by molar-refractivity contribution is 5.81. The van der Waals surface area contributed by atoms with E-state index in [9.17, 15) is 24.9 Å². The topological polar surface area (TPSA) is 147 Å². The maximum absolute atomic E-state index is 11.6. The lowest BCUT2D eigenvalue weighted by molar-refractivity contribution is -0.166. The number of amides is 1. The van der Waals surface area contributed by atoms with E-state index in [0.29, 0.717) is 6.54 Å². The summed E-state index contributed by atoms with van der Waals surface area (Å²) in [4.78, 5) is 22.0. The van der Waals surface area contributed by atoms with Crippen LogP contribution < -0.4 is 5.32 Å². The van der Waals surface area contributed by atoms with Crippen molar-refractivity contribution in [2.24, 2.45) is 0 Å². The molecule has 0 heterocycles. The minimum atomic E-state index is -2.28. The zero-order valence-corrected chi connectivity index (χ0v) is 12.8. The Morgan fingerprint density at radius 1 is 0.864 bits per heavy atom. The number of aliphatic hydroxyl groups is 4. The van der Waals surface area contributed by atoms with Crippen molar-refractivity contribution in [3.63, 3.8) is 0 Å². The molecule has 0 aromatic heterocycles. The zero-order chi connectivity index (χ0) is 17.1. The highest BCUT2D eigenvalue weighted by atomic mass is 16.4. The number of carbonyl (C=O) groups excluding carboxylic acids is 1. The van der Waals surface area contributed by atoms with Gasteiger partial charge in [-0.25, -0.2) is 4.79 Å². The summed E-state index contributed by atoms with van der Waals surface area (Å²) < 4.78 is 0. The molecule has 6 N–H and O–H groups in total. The first-order valence-electron chi connectivity index (χ1n) is 7.55. The largest absolute Gasteiger partial charge is 0.479 e. The average Bonchev–Trinajstić information content (AvgIpc) is 2.50. The lowest BCUT2D eigenvalue weighted by Gasteiger charge is -2.23. The molecule has 0 unspecified atom stereocenters. The number of unbranched alkanes of at least 4 members (excludes halogenated alkanes) is 5. The molecule has 22 heavy (non-hydrogen) atoms. The third-order valence-corrected chi connectivity index (χ3v) is 3.35. The Morgan fingerprint density at radius 2 is 1.36 bits per heavy atom. The van der Waals surface area contributed by atoms with Gasteiger partial charge in [-0.3, -0.25) is 4.79 Å². The minimum Gasteiger partial charge on any atom is -0.479 e. The van der Waals surface area contributed by atoms with E-state index in [4.69, 9.17) is 10.2 Å². The fourth-order valence-corrected chi connectivity index (χ4v) is 1.90. The van der Waals surface area contributed by atoms with Crippen LogP contribution in [0.1, 0.15) is 45.4 Å². The van der Waals surface area contributed by atoms with Crippen LogP contribution in [0.4, 0.5) is 0 Å². The number of carboxylic acid groups (broad SMARTS) is 1. The Morgan fingerprint density at radius 3 is 1.91 bits per heavy atom. The Balaban J connectivity index is 4.02. The molecule has 0 aliphatic carbocycles. The molecule has 0 aliphatic rings. The lowest BCUT2D eigenvalue weighted by Crippen LogP contribution is -2.52. The van der Waals surface area contributed by atoms with Gasteiger partial charge in [-0.1, -0.05) is 39.0 Å². The number of carboxylic acids is 1. The van der Waals surface area contributed by atoms with E-state index >= 15 is 0 Å². The summed E-state index contributed by atoms with van der Waals surface area (Å²) in [6.07, 6.45) is -2.39. The van der Waals surface area contributed by atoms with E-state index in [1.807, 2.05) is 0 Å². The lowest BCUT2D eigenvalue weighted by atomic mass is 10.0. The van der Waals surface area contributed by atoms with Crippen molar-refractivity contribution in [3.05, 3.63) is 0 Å². The van der Waals surface area contributed by atoms with Gasteiger partial charge in [0.05, 0.1) is 0 Å². The summed E-state index contributed by atoms with van der Waals surface area (Å²) in [6.45, 7) is 2.43. The number of hydrogen-bond donors (Lipinski definition) is 6. The predicted molar refractivity (Wildman–Crippen MR) is 78.0 cm³/mol. The van der Waals surface area contributed by atoms with Gasteiger partial charge in [0.15, 0.2) is 12.2 Å². The standard InChI is InChI=1S/C14H27NO7/c1-2-3-4-5-6-7-8-15-13(20)11(18)9(16)10(17)12(19)14(21)22/h9-12,16-19H,2-8H2,1H3,(H,15,20)(H,21,22)/t9-,10+,11+,12-/m1/s1. The molecule has 0 aliphatic heterocycles. The SMILES string of the molecule is CCCCCCCCNC(=O)[C@@H](O)[C@H](O)[C@H](O)[C@@H](O)C(=O)O. The van der Waals surface area contributed by atoms with Gasteiger partial charge < -0.3 is 30.8 Å². The van der Waals surface area contributed by atoms with Gasteiger partial charge >= 0.3 is 5.97 Å². The predicted octanol–water partition coefficient (Wildman–Crippen LogP) is -1.01. The molecule has 4 atom stereocenters. The molecule has 130 valence electrons. The molecule has 0 radical (unpaired) electrons.